The van der Waals surface area contributed by atoms with Crippen molar-refractivity contribution < 1.29 is 27.8 Å². The van der Waals surface area contributed by atoms with E-state index in [1.54, 1.807) is 17.9 Å². The third-order valence-electron chi connectivity index (χ3n) is 5.23. The molecule has 2 aromatic rings. The van der Waals surface area contributed by atoms with Gasteiger partial charge in [-0.2, -0.15) is 8.78 Å². The number of halogens is 2. The molecule has 2 aromatic carbocycles. The Balaban J connectivity index is 1.71. The Morgan fingerprint density at radius 2 is 1.82 bits per heavy atom. The number of carbonyl (C=O) groups excluding carboxylic acids is 2. The van der Waals surface area contributed by atoms with Crippen LogP contribution in [0.5, 0.6) is 11.5 Å². The van der Waals surface area contributed by atoms with E-state index in [1.807, 2.05) is 30.3 Å². The lowest BCUT2D eigenvalue weighted by Gasteiger charge is -2.23. The van der Waals surface area contributed by atoms with Crippen molar-refractivity contribution in [2.45, 2.75) is 38.8 Å². The van der Waals surface area contributed by atoms with Crippen LogP contribution in [0.4, 0.5) is 8.78 Å². The molecule has 0 bridgehead atoms. The number of hydrogen-bond acceptors (Lipinski definition) is 4. The van der Waals surface area contributed by atoms with E-state index >= 15 is 0 Å². The van der Waals surface area contributed by atoms with Crippen molar-refractivity contribution in [3.05, 3.63) is 65.7 Å². The summed E-state index contributed by atoms with van der Waals surface area (Å²) in [5.74, 6) is -0.432. The summed E-state index contributed by atoms with van der Waals surface area (Å²) in [6.07, 6.45) is 5.16. The summed E-state index contributed by atoms with van der Waals surface area (Å²) in [5.41, 5.74) is 1.52. The second-order valence-electron chi connectivity index (χ2n) is 7.63. The maximum absolute atomic E-state index is 13.0. The first-order valence-electron chi connectivity index (χ1n) is 11.0. The lowest BCUT2D eigenvalue weighted by Crippen LogP contribution is -2.48. The molecular weight excluding hydrogens is 430 g/mol. The fourth-order valence-corrected chi connectivity index (χ4v) is 3.69. The highest BCUT2D eigenvalue weighted by Gasteiger charge is 2.27. The zero-order valence-corrected chi connectivity index (χ0v) is 18.5. The van der Waals surface area contributed by atoms with E-state index in [-0.39, 0.29) is 24.0 Å². The minimum absolute atomic E-state index is 0.0763. The van der Waals surface area contributed by atoms with Gasteiger partial charge in [-0.3, -0.25) is 9.59 Å². The zero-order valence-electron chi connectivity index (χ0n) is 18.5. The van der Waals surface area contributed by atoms with Crippen molar-refractivity contribution in [2.24, 2.45) is 0 Å². The minimum Gasteiger partial charge on any atom is -0.490 e. The van der Waals surface area contributed by atoms with Gasteiger partial charge >= 0.3 is 6.61 Å². The summed E-state index contributed by atoms with van der Waals surface area (Å²) < 4.78 is 35.0. The zero-order chi connectivity index (χ0) is 23.6. The Kier molecular flexibility index (Phi) is 8.80. The van der Waals surface area contributed by atoms with Crippen LogP contribution in [0.3, 0.4) is 0 Å². The van der Waals surface area contributed by atoms with Gasteiger partial charge in [0.1, 0.15) is 6.04 Å². The molecule has 1 aliphatic rings. The van der Waals surface area contributed by atoms with Crippen LogP contribution in [0, 0.1) is 0 Å². The summed E-state index contributed by atoms with van der Waals surface area (Å²) in [6.45, 7) is 0.428. The number of nitrogens with one attached hydrogen (secondary N) is 1. The molecule has 8 heteroatoms. The molecule has 0 aliphatic carbocycles. The van der Waals surface area contributed by atoms with Gasteiger partial charge in [-0.15, -0.1) is 0 Å². The van der Waals surface area contributed by atoms with Gasteiger partial charge in [0, 0.05) is 25.6 Å². The Bertz CT molecular complexity index is 960. The minimum atomic E-state index is -2.97. The standard InChI is InChI=1S/C25H28F2N2O4/c1-2-32-22-17-19(10-12-21(22)33-25(26)27)11-13-23(30)28-20(16-18-8-4-3-5-9-18)24(31)29-14-6-7-15-29/h3-5,8-13,17,20,25H,2,6-7,14-16H2,1H3,(H,28,30). The molecule has 1 N–H and O–H groups in total. The highest BCUT2D eigenvalue weighted by molar-refractivity contribution is 5.95. The average Bonchev–Trinajstić information content (AvgIpc) is 3.34. The molecule has 6 nitrogen and oxygen atoms in total. The number of ether oxygens (including phenoxy) is 2. The number of nitrogens with zero attached hydrogens (tertiary/aromatic N) is 1. The van der Waals surface area contributed by atoms with Crippen molar-refractivity contribution in [3.63, 3.8) is 0 Å². The molecule has 1 unspecified atom stereocenters. The smallest absolute Gasteiger partial charge is 0.387 e. The number of amides is 2. The summed E-state index contributed by atoms with van der Waals surface area (Å²) in [5, 5.41) is 2.82. The Morgan fingerprint density at radius 1 is 1.09 bits per heavy atom. The van der Waals surface area contributed by atoms with Gasteiger partial charge in [-0.05, 0) is 49.1 Å². The van der Waals surface area contributed by atoms with Crippen molar-refractivity contribution in [1.82, 2.24) is 10.2 Å². The summed E-state index contributed by atoms with van der Waals surface area (Å²) in [6, 6.07) is 13.3. The fourth-order valence-electron chi connectivity index (χ4n) is 3.69. The van der Waals surface area contributed by atoms with E-state index < -0.39 is 18.6 Å². The van der Waals surface area contributed by atoms with E-state index in [0.717, 1.165) is 18.4 Å². The lowest BCUT2D eigenvalue weighted by molar-refractivity contribution is -0.134. The first-order valence-corrected chi connectivity index (χ1v) is 11.0. The van der Waals surface area contributed by atoms with E-state index in [2.05, 4.69) is 10.1 Å². The molecule has 176 valence electrons. The average molecular weight is 459 g/mol. The number of rotatable bonds is 10. The molecule has 1 saturated heterocycles. The van der Waals surface area contributed by atoms with Crippen molar-refractivity contribution in [1.29, 1.82) is 0 Å². The van der Waals surface area contributed by atoms with Crippen LogP contribution in [0.25, 0.3) is 6.08 Å². The molecule has 1 atom stereocenters. The third-order valence-corrected chi connectivity index (χ3v) is 5.23. The third kappa shape index (κ3) is 7.30. The molecule has 0 spiro atoms. The molecule has 0 radical (unpaired) electrons. The predicted molar refractivity (Wildman–Crippen MR) is 121 cm³/mol. The van der Waals surface area contributed by atoms with Crippen LogP contribution >= 0.6 is 0 Å². The van der Waals surface area contributed by atoms with E-state index in [1.165, 1.54) is 24.3 Å². The van der Waals surface area contributed by atoms with Gasteiger partial charge in [0.15, 0.2) is 11.5 Å². The van der Waals surface area contributed by atoms with Crippen molar-refractivity contribution in [2.75, 3.05) is 19.7 Å². The Labute approximate surface area is 192 Å². The first-order chi connectivity index (χ1) is 16.0. The number of likely N-dealkylation sites (tertiary alicyclic amines) is 1. The lowest BCUT2D eigenvalue weighted by atomic mass is 10.0. The van der Waals surface area contributed by atoms with E-state index in [4.69, 9.17) is 4.74 Å². The highest BCUT2D eigenvalue weighted by Crippen LogP contribution is 2.30. The van der Waals surface area contributed by atoms with Crippen LogP contribution in [-0.4, -0.2) is 49.1 Å². The second-order valence-corrected chi connectivity index (χ2v) is 7.63. The first kappa shape index (κ1) is 24.2. The number of benzene rings is 2. The molecule has 0 saturated carbocycles. The number of alkyl halides is 2. The van der Waals surface area contributed by atoms with Crippen LogP contribution in [0.2, 0.25) is 0 Å². The molecule has 1 aliphatic heterocycles. The summed E-state index contributed by atoms with van der Waals surface area (Å²) in [4.78, 5) is 27.4. The fraction of sp³-hybridized carbons (Fsp3) is 0.360. The molecule has 0 aromatic heterocycles. The van der Waals surface area contributed by atoms with Crippen LogP contribution in [-0.2, 0) is 16.0 Å². The number of carbonyl (C=O) groups is 2. The predicted octanol–water partition coefficient (Wildman–Crippen LogP) is 4.05. The summed E-state index contributed by atoms with van der Waals surface area (Å²) >= 11 is 0. The van der Waals surface area contributed by atoms with E-state index in [0.29, 0.717) is 25.1 Å². The van der Waals surface area contributed by atoms with Gasteiger partial charge in [-0.25, -0.2) is 0 Å². The maximum atomic E-state index is 13.0. The maximum Gasteiger partial charge on any atom is 0.387 e. The molecule has 1 heterocycles. The molecule has 3 rings (SSSR count). The van der Waals surface area contributed by atoms with E-state index in [9.17, 15) is 18.4 Å². The highest BCUT2D eigenvalue weighted by atomic mass is 19.3. The normalized spacial score (nSPS) is 14.5. The largest absolute Gasteiger partial charge is 0.490 e. The molecule has 33 heavy (non-hydrogen) atoms. The molecular formula is C25H28F2N2O4. The monoisotopic (exact) mass is 458 g/mol. The Morgan fingerprint density at radius 3 is 2.48 bits per heavy atom. The quantitative estimate of drug-likeness (QED) is 0.546. The van der Waals surface area contributed by atoms with Gasteiger partial charge in [0.25, 0.3) is 0 Å². The van der Waals surface area contributed by atoms with Crippen LogP contribution in [0.15, 0.2) is 54.6 Å². The summed E-state index contributed by atoms with van der Waals surface area (Å²) in [7, 11) is 0. The molecule has 2 amide bonds. The van der Waals surface area contributed by atoms with Gasteiger partial charge in [0.05, 0.1) is 6.61 Å². The molecule has 1 fully saturated rings. The van der Waals surface area contributed by atoms with Crippen molar-refractivity contribution >= 4 is 17.9 Å². The Hall–Kier alpha value is -3.42. The van der Waals surface area contributed by atoms with Gasteiger partial charge in [0.2, 0.25) is 11.8 Å². The SMILES string of the molecule is CCOc1cc(C=CC(=O)NC(Cc2ccccc2)C(=O)N2CCCC2)ccc1OC(F)F. The van der Waals surface area contributed by atoms with Crippen LogP contribution in [0.1, 0.15) is 30.9 Å². The number of hydrogen-bond donors (Lipinski definition) is 1. The topological polar surface area (TPSA) is 67.9 Å². The van der Waals surface area contributed by atoms with Gasteiger partial charge < -0.3 is 19.7 Å². The van der Waals surface area contributed by atoms with Crippen molar-refractivity contribution in [3.8, 4) is 11.5 Å². The van der Waals surface area contributed by atoms with Gasteiger partial charge in [-0.1, -0.05) is 36.4 Å². The van der Waals surface area contributed by atoms with Crippen LogP contribution < -0.4 is 14.8 Å². The second kappa shape index (κ2) is 12.0.